The maximum absolute atomic E-state index is 11.6. The summed E-state index contributed by atoms with van der Waals surface area (Å²) in [5, 5.41) is 0. The highest BCUT2D eigenvalue weighted by molar-refractivity contribution is 6.19. The summed E-state index contributed by atoms with van der Waals surface area (Å²) < 4.78 is 5.34. The Morgan fingerprint density at radius 1 is 1.47 bits per heavy atom. The van der Waals surface area contributed by atoms with Gasteiger partial charge in [-0.1, -0.05) is 0 Å². The SMILES string of the molecule is CCOc1ccc(C(=O)CCCl)c(C)c1. The summed E-state index contributed by atoms with van der Waals surface area (Å²) >= 11 is 5.53. The van der Waals surface area contributed by atoms with Gasteiger partial charge in [-0.05, 0) is 37.6 Å². The predicted molar refractivity (Wildman–Crippen MR) is 62.0 cm³/mol. The first-order valence-corrected chi connectivity index (χ1v) is 5.55. The van der Waals surface area contributed by atoms with Crippen molar-refractivity contribution >= 4 is 17.4 Å². The first-order valence-electron chi connectivity index (χ1n) is 5.01. The van der Waals surface area contributed by atoms with E-state index in [2.05, 4.69) is 0 Å². The highest BCUT2D eigenvalue weighted by Crippen LogP contribution is 2.18. The molecule has 1 rings (SSSR count). The third-order valence-corrected chi connectivity index (χ3v) is 2.32. The highest BCUT2D eigenvalue weighted by Gasteiger charge is 2.08. The lowest BCUT2D eigenvalue weighted by molar-refractivity contribution is 0.0988. The first kappa shape index (κ1) is 12.1. The van der Waals surface area contributed by atoms with Gasteiger partial charge in [-0.15, -0.1) is 11.6 Å². The Morgan fingerprint density at radius 3 is 2.73 bits per heavy atom. The van der Waals surface area contributed by atoms with Crippen molar-refractivity contribution in [3.05, 3.63) is 29.3 Å². The van der Waals surface area contributed by atoms with Crippen molar-refractivity contribution in [1.29, 1.82) is 0 Å². The van der Waals surface area contributed by atoms with Crippen molar-refractivity contribution < 1.29 is 9.53 Å². The number of carbonyl (C=O) groups is 1. The molecule has 0 atom stereocenters. The Morgan fingerprint density at radius 2 is 2.20 bits per heavy atom. The summed E-state index contributed by atoms with van der Waals surface area (Å²) in [5.74, 6) is 1.26. The minimum atomic E-state index is 0.0885. The van der Waals surface area contributed by atoms with Crippen molar-refractivity contribution in [2.24, 2.45) is 0 Å². The third-order valence-electron chi connectivity index (χ3n) is 2.13. The van der Waals surface area contributed by atoms with Crippen LogP contribution in [0.15, 0.2) is 18.2 Å². The molecular formula is C12H15ClO2. The van der Waals surface area contributed by atoms with E-state index >= 15 is 0 Å². The van der Waals surface area contributed by atoms with Crippen LogP contribution in [0.25, 0.3) is 0 Å². The van der Waals surface area contributed by atoms with Crippen LogP contribution in [-0.2, 0) is 0 Å². The average molecular weight is 227 g/mol. The second-order valence-electron chi connectivity index (χ2n) is 3.27. The summed E-state index contributed by atoms with van der Waals surface area (Å²) in [6, 6.07) is 5.50. The average Bonchev–Trinajstić information content (AvgIpc) is 2.18. The molecule has 0 unspecified atom stereocenters. The van der Waals surface area contributed by atoms with Gasteiger partial charge in [0.05, 0.1) is 6.61 Å². The standard InChI is InChI=1S/C12H15ClO2/c1-3-15-10-4-5-11(9(2)8-10)12(14)6-7-13/h4-5,8H,3,6-7H2,1-2H3. The molecule has 0 saturated carbocycles. The molecule has 0 aromatic heterocycles. The summed E-state index contributed by atoms with van der Waals surface area (Å²) in [5.41, 5.74) is 1.68. The Hall–Kier alpha value is -1.02. The lowest BCUT2D eigenvalue weighted by Gasteiger charge is -2.07. The Bertz CT molecular complexity index is 347. The van der Waals surface area contributed by atoms with E-state index in [0.717, 1.165) is 16.9 Å². The topological polar surface area (TPSA) is 26.3 Å². The molecule has 0 heterocycles. The summed E-state index contributed by atoms with van der Waals surface area (Å²) in [6.07, 6.45) is 0.385. The van der Waals surface area contributed by atoms with Gasteiger partial charge in [0, 0.05) is 17.9 Å². The fourth-order valence-corrected chi connectivity index (χ4v) is 1.60. The van der Waals surface area contributed by atoms with Crippen LogP contribution >= 0.6 is 11.6 Å². The van der Waals surface area contributed by atoms with Crippen molar-refractivity contribution in [2.75, 3.05) is 12.5 Å². The van der Waals surface area contributed by atoms with Crippen LogP contribution in [0.2, 0.25) is 0 Å². The van der Waals surface area contributed by atoms with Gasteiger partial charge < -0.3 is 4.74 Å². The van der Waals surface area contributed by atoms with E-state index in [9.17, 15) is 4.79 Å². The second-order valence-corrected chi connectivity index (χ2v) is 3.65. The number of ketones is 1. The van der Waals surface area contributed by atoms with Gasteiger partial charge in [0.25, 0.3) is 0 Å². The molecule has 0 fully saturated rings. The van der Waals surface area contributed by atoms with E-state index < -0.39 is 0 Å². The maximum atomic E-state index is 11.6. The van der Waals surface area contributed by atoms with Crippen molar-refractivity contribution in [3.8, 4) is 5.75 Å². The maximum Gasteiger partial charge on any atom is 0.164 e. The number of rotatable bonds is 5. The minimum Gasteiger partial charge on any atom is -0.494 e. The number of hydrogen-bond acceptors (Lipinski definition) is 2. The first-order chi connectivity index (χ1) is 7.19. The quantitative estimate of drug-likeness (QED) is 0.569. The monoisotopic (exact) mass is 226 g/mol. The molecular weight excluding hydrogens is 212 g/mol. The number of hydrogen-bond donors (Lipinski definition) is 0. The minimum absolute atomic E-state index is 0.0885. The van der Waals surface area contributed by atoms with Gasteiger partial charge in [-0.3, -0.25) is 4.79 Å². The zero-order valence-corrected chi connectivity index (χ0v) is 9.80. The number of carbonyl (C=O) groups excluding carboxylic acids is 1. The molecule has 3 heteroatoms. The third kappa shape index (κ3) is 3.24. The molecule has 15 heavy (non-hydrogen) atoms. The zero-order chi connectivity index (χ0) is 11.3. The molecule has 0 spiro atoms. The van der Waals surface area contributed by atoms with E-state index in [4.69, 9.17) is 16.3 Å². The van der Waals surface area contributed by atoms with E-state index in [1.807, 2.05) is 26.0 Å². The van der Waals surface area contributed by atoms with Crippen LogP contribution < -0.4 is 4.74 Å². The number of aryl methyl sites for hydroxylation is 1. The van der Waals surface area contributed by atoms with Crippen molar-refractivity contribution in [1.82, 2.24) is 0 Å². The second kappa shape index (κ2) is 5.76. The van der Waals surface area contributed by atoms with Crippen LogP contribution in [0.4, 0.5) is 0 Å². The van der Waals surface area contributed by atoms with Crippen LogP contribution in [0.3, 0.4) is 0 Å². The summed E-state index contributed by atoms with van der Waals surface area (Å²) in [6.45, 7) is 4.47. The van der Waals surface area contributed by atoms with Gasteiger partial charge >= 0.3 is 0 Å². The molecule has 0 aliphatic rings. The van der Waals surface area contributed by atoms with E-state index in [1.165, 1.54) is 0 Å². The van der Waals surface area contributed by atoms with Crippen molar-refractivity contribution in [2.45, 2.75) is 20.3 Å². The van der Waals surface area contributed by atoms with Crippen LogP contribution in [0.5, 0.6) is 5.75 Å². The van der Waals surface area contributed by atoms with Crippen LogP contribution in [0, 0.1) is 6.92 Å². The van der Waals surface area contributed by atoms with Crippen molar-refractivity contribution in [3.63, 3.8) is 0 Å². The summed E-state index contributed by atoms with van der Waals surface area (Å²) in [4.78, 5) is 11.6. The number of ether oxygens (including phenoxy) is 1. The van der Waals surface area contributed by atoms with Gasteiger partial charge in [-0.2, -0.15) is 0 Å². The molecule has 0 bridgehead atoms. The molecule has 0 saturated heterocycles. The Labute approximate surface area is 95.2 Å². The Kier molecular flexibility index (Phi) is 4.63. The zero-order valence-electron chi connectivity index (χ0n) is 9.05. The predicted octanol–water partition coefficient (Wildman–Crippen LogP) is 3.21. The van der Waals surface area contributed by atoms with Gasteiger partial charge in [0.15, 0.2) is 5.78 Å². The largest absolute Gasteiger partial charge is 0.494 e. The van der Waals surface area contributed by atoms with Gasteiger partial charge in [-0.25, -0.2) is 0 Å². The van der Waals surface area contributed by atoms with Crippen LogP contribution in [-0.4, -0.2) is 18.3 Å². The molecule has 82 valence electrons. The fourth-order valence-electron chi connectivity index (χ4n) is 1.43. The number of benzene rings is 1. The van der Waals surface area contributed by atoms with Crippen LogP contribution in [0.1, 0.15) is 29.3 Å². The fraction of sp³-hybridized carbons (Fsp3) is 0.417. The number of halogens is 1. The van der Waals surface area contributed by atoms with E-state index in [1.54, 1.807) is 6.07 Å². The smallest absolute Gasteiger partial charge is 0.164 e. The summed E-state index contributed by atoms with van der Waals surface area (Å²) in [7, 11) is 0. The number of Topliss-reactive ketones (excluding diaryl/α,β-unsaturated/α-hetero) is 1. The highest BCUT2D eigenvalue weighted by atomic mass is 35.5. The molecule has 1 aromatic carbocycles. The molecule has 0 aliphatic carbocycles. The molecule has 2 nitrogen and oxygen atoms in total. The van der Waals surface area contributed by atoms with E-state index in [-0.39, 0.29) is 5.78 Å². The Balaban J connectivity index is 2.87. The van der Waals surface area contributed by atoms with Gasteiger partial charge in [0.2, 0.25) is 0 Å². The molecule has 0 radical (unpaired) electrons. The van der Waals surface area contributed by atoms with Gasteiger partial charge in [0.1, 0.15) is 5.75 Å². The van der Waals surface area contributed by atoms with E-state index in [0.29, 0.717) is 18.9 Å². The molecule has 1 aromatic rings. The molecule has 0 amide bonds. The molecule has 0 aliphatic heterocycles. The molecule has 0 N–H and O–H groups in total. The number of alkyl halides is 1. The lowest BCUT2D eigenvalue weighted by Crippen LogP contribution is -2.03. The lowest BCUT2D eigenvalue weighted by atomic mass is 10.0. The normalized spacial score (nSPS) is 10.1.